The minimum absolute atomic E-state index is 0.0608. The smallest absolute Gasteiger partial charge is 0.397 e. The second-order valence-electron chi connectivity index (χ2n) is 9.61. The molecule has 2 amide bonds. The van der Waals surface area contributed by atoms with Crippen molar-refractivity contribution < 1.29 is 37.8 Å². The number of anilines is 1. The van der Waals surface area contributed by atoms with Crippen molar-refractivity contribution in [2.24, 2.45) is 4.99 Å². The van der Waals surface area contributed by atoms with Crippen LogP contribution in [0.15, 0.2) is 41.7 Å². The van der Waals surface area contributed by atoms with E-state index in [9.17, 15) is 37.8 Å². The predicted octanol–water partition coefficient (Wildman–Crippen LogP) is 2.37. The van der Waals surface area contributed by atoms with Crippen molar-refractivity contribution in [3.8, 4) is 0 Å². The number of carbonyl (C=O) groups is 3. The third-order valence-electron chi connectivity index (χ3n) is 6.10. The molecule has 1 aliphatic rings. The number of benzene rings is 1. The number of hydrogen-bond acceptors (Lipinski definition) is 8. The van der Waals surface area contributed by atoms with Crippen molar-refractivity contribution in [2.75, 3.05) is 25.0 Å². The van der Waals surface area contributed by atoms with Gasteiger partial charge in [-0.1, -0.05) is 17.7 Å². The fraction of sp³-hybridized carbons (Fsp3) is 0.400. The van der Waals surface area contributed by atoms with Crippen LogP contribution in [0.5, 0.6) is 0 Å². The topological polar surface area (TPSA) is 165 Å². The van der Waals surface area contributed by atoms with Gasteiger partial charge >= 0.3 is 12.1 Å². The molecular weight excluding hydrogens is 557 g/mol. The van der Waals surface area contributed by atoms with Crippen LogP contribution in [0.25, 0.3) is 0 Å². The summed E-state index contributed by atoms with van der Waals surface area (Å²) in [4.78, 5) is 44.8. The molecule has 6 N–H and O–H groups in total. The average Bonchev–Trinajstić information content (AvgIpc) is 2.87. The summed E-state index contributed by atoms with van der Waals surface area (Å²) >= 11 is 6.06. The number of amides is 2. The Bertz CT molecular complexity index is 1300. The van der Waals surface area contributed by atoms with Gasteiger partial charge in [0.1, 0.15) is 0 Å². The lowest BCUT2D eigenvalue weighted by Gasteiger charge is -2.29. The molecule has 1 aliphatic heterocycles. The number of nitrogens with zero attached hydrogens (tertiary/aromatic N) is 2. The molecule has 0 aliphatic carbocycles. The van der Waals surface area contributed by atoms with Crippen molar-refractivity contribution in [3.05, 3.63) is 58.4 Å². The van der Waals surface area contributed by atoms with E-state index in [1.54, 1.807) is 0 Å². The van der Waals surface area contributed by atoms with Crippen molar-refractivity contribution in [1.29, 1.82) is 0 Å². The Labute approximate surface area is 232 Å². The molecule has 1 aromatic heterocycles. The van der Waals surface area contributed by atoms with Gasteiger partial charge in [0.05, 0.1) is 54.5 Å². The maximum absolute atomic E-state index is 13.6. The molecule has 15 heteroatoms. The van der Waals surface area contributed by atoms with Gasteiger partial charge in [0.25, 0.3) is 5.91 Å². The Hall–Kier alpha value is -3.91. The number of carboxylic acid groups (broad SMARTS) is 1. The number of hydrogen-bond donors (Lipinski definition) is 6. The number of pyridine rings is 1. The number of β-amino-alcohol motifs (C(OH)–C–C–N with tert-alkyl or cyclic N) is 1. The van der Waals surface area contributed by atoms with Gasteiger partial charge in [-0.2, -0.15) is 13.2 Å². The number of carbonyl (C=O) groups excluding carboxylic acids is 2. The monoisotopic (exact) mass is 584 g/mol. The maximum Gasteiger partial charge on any atom is 0.397 e. The largest absolute Gasteiger partial charge is 0.481 e. The molecule has 0 fully saturated rings. The lowest BCUT2D eigenvalue weighted by atomic mass is 9.82. The highest BCUT2D eigenvalue weighted by atomic mass is 35.5. The van der Waals surface area contributed by atoms with Crippen LogP contribution in [0, 0.1) is 0 Å². The zero-order valence-electron chi connectivity index (χ0n) is 21.5. The molecule has 1 unspecified atom stereocenters. The van der Waals surface area contributed by atoms with Crippen LogP contribution in [0.2, 0.25) is 5.02 Å². The van der Waals surface area contributed by atoms with Gasteiger partial charge in [-0.05, 0) is 43.2 Å². The molecule has 0 spiro atoms. The van der Waals surface area contributed by atoms with Crippen LogP contribution in [0.3, 0.4) is 0 Å². The van der Waals surface area contributed by atoms with E-state index in [2.05, 4.69) is 31.2 Å². The summed E-state index contributed by atoms with van der Waals surface area (Å²) in [5.41, 5.74) is -1.91. The third-order valence-corrected chi connectivity index (χ3v) is 6.32. The molecule has 2 atom stereocenters. The van der Waals surface area contributed by atoms with Crippen molar-refractivity contribution in [1.82, 2.24) is 20.9 Å². The Morgan fingerprint density at radius 3 is 2.52 bits per heavy atom. The van der Waals surface area contributed by atoms with E-state index < -0.39 is 54.5 Å². The minimum Gasteiger partial charge on any atom is -0.481 e. The molecule has 0 saturated carbocycles. The lowest BCUT2D eigenvalue weighted by molar-refractivity contribution is -0.180. The van der Waals surface area contributed by atoms with Gasteiger partial charge in [-0.15, -0.1) is 0 Å². The number of halogens is 4. The minimum atomic E-state index is -4.62. The number of nitrogens with one attached hydrogen (secondary N) is 4. The summed E-state index contributed by atoms with van der Waals surface area (Å²) in [6.45, 7) is 1.88. The summed E-state index contributed by atoms with van der Waals surface area (Å²) in [6, 6.07) is 3.80. The van der Waals surface area contributed by atoms with Crippen LogP contribution < -0.4 is 21.3 Å². The van der Waals surface area contributed by atoms with E-state index in [0.29, 0.717) is 18.2 Å². The van der Waals surface area contributed by atoms with Gasteiger partial charge in [-0.25, -0.2) is 0 Å². The summed E-state index contributed by atoms with van der Waals surface area (Å²) < 4.78 is 40.8. The van der Waals surface area contributed by atoms with E-state index in [1.807, 2.05) is 0 Å². The van der Waals surface area contributed by atoms with Crippen molar-refractivity contribution in [3.63, 3.8) is 0 Å². The Balaban J connectivity index is 1.68. The number of aliphatic carboxylic acids is 1. The number of aliphatic hydroxyl groups is 1. The zero-order chi connectivity index (χ0) is 29.7. The second-order valence-corrected chi connectivity index (χ2v) is 10.0. The first-order valence-electron chi connectivity index (χ1n) is 12.0. The van der Waals surface area contributed by atoms with Gasteiger partial charge in [-0.3, -0.25) is 24.4 Å². The van der Waals surface area contributed by atoms with Crippen LogP contribution in [0.4, 0.5) is 18.9 Å². The quantitative estimate of drug-likeness (QED) is 0.261. The number of carboxylic acids is 1. The van der Waals surface area contributed by atoms with Gasteiger partial charge in [0, 0.05) is 17.8 Å². The van der Waals surface area contributed by atoms with Gasteiger partial charge < -0.3 is 31.5 Å². The summed E-state index contributed by atoms with van der Waals surface area (Å²) in [6.07, 6.45) is -3.15. The lowest BCUT2D eigenvalue weighted by Crippen LogP contribution is -2.42. The number of aliphatic hydroxyl groups excluding tert-OH is 1. The molecule has 2 heterocycles. The van der Waals surface area contributed by atoms with E-state index in [4.69, 9.17) is 11.6 Å². The molecule has 2 aromatic rings. The van der Waals surface area contributed by atoms with Crippen LogP contribution in [-0.2, 0) is 15.0 Å². The number of rotatable bonds is 9. The van der Waals surface area contributed by atoms with E-state index in [1.165, 1.54) is 24.5 Å². The number of alkyl halides is 3. The highest BCUT2D eigenvalue weighted by molar-refractivity contribution is 6.30. The van der Waals surface area contributed by atoms with E-state index in [0.717, 1.165) is 26.0 Å². The van der Waals surface area contributed by atoms with Gasteiger partial charge in [0.15, 0.2) is 5.96 Å². The fourth-order valence-electron chi connectivity index (χ4n) is 3.66. The Kier molecular flexibility index (Phi) is 9.58. The zero-order valence-corrected chi connectivity index (χ0v) is 22.2. The molecule has 0 radical (unpaired) electrons. The standard InChI is InChI=1S/C25H28ClF3N6O5/c1-24(2,25(27,28)29)15-3-13(4-16(26)6-15)19(7-21(38)39)35-20(37)12-31-22(40)14-5-17(9-30-8-14)34-23-32-10-18(36)11-33-23/h3-6,8-9,18-19,36H,7,10-12H2,1-2H3,(H,31,40)(H,35,37)(H,38,39)(H2,32,33,34)/t19-/m0/s1. The maximum atomic E-state index is 13.6. The Morgan fingerprint density at radius 1 is 1.18 bits per heavy atom. The molecular formula is C25H28ClF3N6O5. The molecule has 0 bridgehead atoms. The van der Waals surface area contributed by atoms with E-state index >= 15 is 0 Å². The normalized spacial score (nSPS) is 16.3. The highest BCUT2D eigenvalue weighted by Gasteiger charge is 2.48. The van der Waals surface area contributed by atoms with Crippen LogP contribution >= 0.6 is 11.6 Å². The first-order valence-corrected chi connectivity index (χ1v) is 12.4. The first kappa shape index (κ1) is 30.6. The van der Waals surface area contributed by atoms with Crippen molar-refractivity contribution >= 4 is 41.0 Å². The molecule has 1 aromatic carbocycles. The highest BCUT2D eigenvalue weighted by Crippen LogP contribution is 2.42. The average molecular weight is 585 g/mol. The predicted molar refractivity (Wildman–Crippen MR) is 140 cm³/mol. The van der Waals surface area contributed by atoms with E-state index in [-0.39, 0.29) is 28.3 Å². The molecule has 40 heavy (non-hydrogen) atoms. The molecule has 11 nitrogen and oxygen atoms in total. The third kappa shape index (κ3) is 8.05. The molecule has 3 rings (SSSR count). The summed E-state index contributed by atoms with van der Waals surface area (Å²) in [5.74, 6) is -2.37. The van der Waals surface area contributed by atoms with Crippen LogP contribution in [0.1, 0.15) is 47.8 Å². The summed E-state index contributed by atoms with van der Waals surface area (Å²) in [7, 11) is 0. The summed E-state index contributed by atoms with van der Waals surface area (Å²) in [5, 5.41) is 29.4. The molecule has 0 saturated heterocycles. The molecule has 216 valence electrons. The number of aromatic nitrogens is 1. The second kappa shape index (κ2) is 12.5. The Morgan fingerprint density at radius 2 is 1.90 bits per heavy atom. The SMILES string of the molecule is CC(C)(c1cc(Cl)cc([C@H](CC(=O)O)NC(=O)CNC(=O)c2cncc(NC3=NCC(O)CN3)c2)c1)C(F)(F)F. The fourth-order valence-corrected chi connectivity index (χ4v) is 3.90. The number of guanidine groups is 1. The van der Waals surface area contributed by atoms with Crippen molar-refractivity contribution in [2.45, 2.75) is 44.0 Å². The van der Waals surface area contributed by atoms with Crippen LogP contribution in [-0.4, -0.2) is 70.9 Å². The van der Waals surface area contributed by atoms with Gasteiger partial charge in [0.2, 0.25) is 5.91 Å². The first-order chi connectivity index (χ1) is 18.7. The number of aliphatic imine (C=N–C) groups is 1.